The lowest BCUT2D eigenvalue weighted by atomic mass is 9.73. The van der Waals surface area contributed by atoms with E-state index in [-0.39, 0.29) is 42.1 Å². The van der Waals surface area contributed by atoms with Crippen LogP contribution in [0.15, 0.2) is 36.5 Å². The summed E-state index contributed by atoms with van der Waals surface area (Å²) in [5.74, 6) is -1.42. The Kier molecular flexibility index (Phi) is 5.13. The number of alkyl halides is 1. The highest BCUT2D eigenvalue weighted by Crippen LogP contribution is 2.46. The van der Waals surface area contributed by atoms with Gasteiger partial charge < -0.3 is 10.4 Å². The number of fused-ring (bicyclic) bond motifs is 1. The van der Waals surface area contributed by atoms with Gasteiger partial charge in [0.2, 0.25) is 5.67 Å². The van der Waals surface area contributed by atoms with Crippen molar-refractivity contribution < 1.29 is 18.7 Å². The summed E-state index contributed by atoms with van der Waals surface area (Å²) < 4.78 is 28.8. The standard InChI is InChI=1S/C19H16ClF2N3O2/c20-15-10-13(21)4-3-12(15)11-25-17(26)19(22)6-5-18(27,7-8-23)16-14(19)2-1-9-24-16/h1-4,9-10,27H,5-7,11H2,(H,25,26). The largest absolute Gasteiger partial charge is 0.382 e. The molecule has 1 aromatic heterocycles. The van der Waals surface area contributed by atoms with E-state index in [9.17, 15) is 14.3 Å². The van der Waals surface area contributed by atoms with Crippen molar-refractivity contribution in [2.75, 3.05) is 0 Å². The molecule has 140 valence electrons. The van der Waals surface area contributed by atoms with Crippen LogP contribution in [0.25, 0.3) is 0 Å². The van der Waals surface area contributed by atoms with E-state index in [1.807, 2.05) is 6.07 Å². The molecule has 2 aromatic rings. The molecule has 27 heavy (non-hydrogen) atoms. The van der Waals surface area contributed by atoms with E-state index >= 15 is 4.39 Å². The second kappa shape index (κ2) is 7.22. The van der Waals surface area contributed by atoms with Crippen LogP contribution in [0.2, 0.25) is 5.02 Å². The molecule has 1 amide bonds. The topological polar surface area (TPSA) is 86.0 Å². The molecule has 3 rings (SSSR count). The van der Waals surface area contributed by atoms with E-state index in [1.54, 1.807) is 0 Å². The Balaban J connectivity index is 1.87. The first-order chi connectivity index (χ1) is 12.8. The highest BCUT2D eigenvalue weighted by Gasteiger charge is 2.51. The summed E-state index contributed by atoms with van der Waals surface area (Å²) in [7, 11) is 0. The van der Waals surface area contributed by atoms with Crippen LogP contribution < -0.4 is 5.32 Å². The highest BCUT2D eigenvalue weighted by atomic mass is 35.5. The Hall–Kier alpha value is -2.56. The lowest BCUT2D eigenvalue weighted by Gasteiger charge is -2.38. The molecule has 0 saturated heterocycles. The Labute approximate surface area is 159 Å². The monoisotopic (exact) mass is 391 g/mol. The number of amides is 1. The first kappa shape index (κ1) is 19.2. The molecular weight excluding hydrogens is 376 g/mol. The molecule has 1 aliphatic carbocycles. The molecule has 0 saturated carbocycles. The van der Waals surface area contributed by atoms with Gasteiger partial charge in [-0.2, -0.15) is 5.26 Å². The number of carbonyl (C=O) groups is 1. The summed E-state index contributed by atoms with van der Waals surface area (Å²) in [5, 5.41) is 22.2. The van der Waals surface area contributed by atoms with Gasteiger partial charge in [-0.1, -0.05) is 23.7 Å². The summed E-state index contributed by atoms with van der Waals surface area (Å²) in [4.78, 5) is 16.7. The third-order valence-electron chi connectivity index (χ3n) is 4.74. The Morgan fingerprint density at radius 2 is 2.19 bits per heavy atom. The molecule has 0 fully saturated rings. The first-order valence-electron chi connectivity index (χ1n) is 8.26. The molecule has 0 bridgehead atoms. The fraction of sp³-hybridized carbons (Fsp3) is 0.316. The third-order valence-corrected chi connectivity index (χ3v) is 5.10. The Morgan fingerprint density at radius 3 is 2.89 bits per heavy atom. The minimum Gasteiger partial charge on any atom is -0.382 e. The van der Waals surface area contributed by atoms with Crippen LogP contribution in [-0.2, 0) is 22.6 Å². The predicted molar refractivity (Wildman–Crippen MR) is 93.6 cm³/mol. The molecule has 0 aliphatic heterocycles. The molecule has 2 atom stereocenters. The lowest BCUT2D eigenvalue weighted by molar-refractivity contribution is -0.137. The van der Waals surface area contributed by atoms with Crippen LogP contribution in [0.1, 0.15) is 36.1 Å². The van der Waals surface area contributed by atoms with Gasteiger partial charge in [0.25, 0.3) is 5.91 Å². The van der Waals surface area contributed by atoms with E-state index in [0.717, 1.165) is 6.07 Å². The number of nitriles is 1. The first-order valence-corrected chi connectivity index (χ1v) is 8.64. The number of aromatic nitrogens is 1. The smallest absolute Gasteiger partial charge is 0.262 e. The molecule has 2 N–H and O–H groups in total. The fourth-order valence-electron chi connectivity index (χ4n) is 3.25. The number of nitrogens with one attached hydrogen (secondary N) is 1. The van der Waals surface area contributed by atoms with Crippen molar-refractivity contribution in [1.82, 2.24) is 10.3 Å². The summed E-state index contributed by atoms with van der Waals surface area (Å²) in [6.07, 6.45) is 0.710. The molecule has 0 spiro atoms. The minimum atomic E-state index is -2.40. The number of benzene rings is 1. The number of aliphatic hydroxyl groups is 1. The Morgan fingerprint density at radius 1 is 1.41 bits per heavy atom. The SMILES string of the molecule is N#CCC1(O)CCC(F)(C(=O)NCc2ccc(F)cc2Cl)c2cccnc21. The maximum Gasteiger partial charge on any atom is 0.262 e. The molecule has 1 heterocycles. The van der Waals surface area contributed by atoms with Gasteiger partial charge in [0, 0.05) is 23.3 Å². The van der Waals surface area contributed by atoms with Crippen LogP contribution in [0.5, 0.6) is 0 Å². The highest BCUT2D eigenvalue weighted by molar-refractivity contribution is 6.31. The van der Waals surface area contributed by atoms with Gasteiger partial charge in [-0.05, 0) is 36.6 Å². The average molecular weight is 392 g/mol. The normalized spacial score (nSPS) is 24.0. The number of nitrogens with zero attached hydrogens (tertiary/aromatic N) is 2. The molecule has 8 heteroatoms. The van der Waals surface area contributed by atoms with Crippen LogP contribution in [0.4, 0.5) is 8.78 Å². The van der Waals surface area contributed by atoms with E-state index in [4.69, 9.17) is 16.9 Å². The van der Waals surface area contributed by atoms with E-state index in [0.29, 0.717) is 5.56 Å². The van der Waals surface area contributed by atoms with Gasteiger partial charge in [-0.25, -0.2) is 8.78 Å². The van der Waals surface area contributed by atoms with Gasteiger partial charge in [-0.15, -0.1) is 0 Å². The second-order valence-electron chi connectivity index (χ2n) is 6.49. The maximum atomic E-state index is 15.7. The molecule has 2 unspecified atom stereocenters. The van der Waals surface area contributed by atoms with Crippen molar-refractivity contribution in [2.45, 2.75) is 37.1 Å². The second-order valence-corrected chi connectivity index (χ2v) is 6.89. The molecule has 5 nitrogen and oxygen atoms in total. The van der Waals surface area contributed by atoms with Crippen molar-refractivity contribution in [3.63, 3.8) is 0 Å². The Bertz CT molecular complexity index is 933. The quantitative estimate of drug-likeness (QED) is 0.837. The van der Waals surface area contributed by atoms with Gasteiger partial charge in [0.1, 0.15) is 11.4 Å². The number of carbonyl (C=O) groups excluding carboxylic acids is 1. The van der Waals surface area contributed by atoms with Crippen LogP contribution in [-0.4, -0.2) is 16.0 Å². The predicted octanol–water partition coefficient (Wildman–Crippen LogP) is 3.25. The number of pyridine rings is 1. The van der Waals surface area contributed by atoms with Crippen LogP contribution in [0, 0.1) is 17.1 Å². The number of halogens is 3. The zero-order valence-electron chi connectivity index (χ0n) is 14.2. The zero-order chi connectivity index (χ0) is 19.7. The van der Waals surface area contributed by atoms with E-state index < -0.39 is 23.0 Å². The molecule has 1 aromatic carbocycles. The fourth-order valence-corrected chi connectivity index (χ4v) is 3.48. The lowest BCUT2D eigenvalue weighted by Crippen LogP contribution is -2.47. The van der Waals surface area contributed by atoms with Crippen molar-refractivity contribution in [3.8, 4) is 6.07 Å². The van der Waals surface area contributed by atoms with Gasteiger partial charge in [0.15, 0.2) is 0 Å². The number of rotatable bonds is 4. The molecular formula is C19H16ClF2N3O2. The van der Waals surface area contributed by atoms with Gasteiger partial charge in [-0.3, -0.25) is 9.78 Å². The summed E-state index contributed by atoms with van der Waals surface area (Å²) >= 11 is 5.93. The summed E-state index contributed by atoms with van der Waals surface area (Å²) in [6, 6.07) is 8.44. The van der Waals surface area contributed by atoms with Crippen molar-refractivity contribution in [1.29, 1.82) is 5.26 Å². The van der Waals surface area contributed by atoms with Crippen molar-refractivity contribution in [3.05, 3.63) is 64.2 Å². The van der Waals surface area contributed by atoms with Crippen LogP contribution >= 0.6 is 11.6 Å². The van der Waals surface area contributed by atoms with Gasteiger partial charge >= 0.3 is 0 Å². The maximum absolute atomic E-state index is 15.7. The van der Waals surface area contributed by atoms with Crippen molar-refractivity contribution >= 4 is 17.5 Å². The van der Waals surface area contributed by atoms with Gasteiger partial charge in [0.05, 0.1) is 18.2 Å². The molecule has 0 radical (unpaired) electrons. The average Bonchev–Trinajstić information content (AvgIpc) is 2.65. The summed E-state index contributed by atoms with van der Waals surface area (Å²) in [5.41, 5.74) is -3.62. The summed E-state index contributed by atoms with van der Waals surface area (Å²) in [6.45, 7) is -0.0817. The van der Waals surface area contributed by atoms with Crippen LogP contribution in [0.3, 0.4) is 0 Å². The number of hydrogen-bond donors (Lipinski definition) is 2. The molecule has 1 aliphatic rings. The van der Waals surface area contributed by atoms with Crippen molar-refractivity contribution in [2.24, 2.45) is 0 Å². The van der Waals surface area contributed by atoms with E-state index in [2.05, 4.69) is 10.3 Å². The zero-order valence-corrected chi connectivity index (χ0v) is 14.9. The number of hydrogen-bond acceptors (Lipinski definition) is 4. The van der Waals surface area contributed by atoms with E-state index in [1.165, 1.54) is 30.5 Å². The third kappa shape index (κ3) is 3.51. The minimum absolute atomic E-state index is 0.00438.